The third-order valence-electron chi connectivity index (χ3n) is 2.60. The van der Waals surface area contributed by atoms with E-state index in [2.05, 4.69) is 5.32 Å². The number of hydrogen-bond donors (Lipinski definition) is 1. The van der Waals surface area contributed by atoms with Crippen molar-refractivity contribution in [2.24, 2.45) is 5.92 Å². The van der Waals surface area contributed by atoms with Gasteiger partial charge in [-0.1, -0.05) is 17.7 Å². The SMILES string of the molecule is O=S(Cc1ccc(F)c(Cl)c1)CC1CNC1. The van der Waals surface area contributed by atoms with Gasteiger partial charge in [0.2, 0.25) is 0 Å². The van der Waals surface area contributed by atoms with Gasteiger partial charge in [0.25, 0.3) is 0 Å². The molecule has 2 nitrogen and oxygen atoms in total. The van der Waals surface area contributed by atoms with Crippen LogP contribution in [0, 0.1) is 11.7 Å². The maximum atomic E-state index is 12.9. The Morgan fingerprint density at radius 2 is 2.25 bits per heavy atom. The predicted octanol–water partition coefficient (Wildman–Crippen LogP) is 1.95. The summed E-state index contributed by atoms with van der Waals surface area (Å²) in [5.74, 6) is 1.26. The maximum Gasteiger partial charge on any atom is 0.141 e. The number of rotatable bonds is 4. The fraction of sp³-hybridized carbons (Fsp3) is 0.455. The van der Waals surface area contributed by atoms with E-state index in [9.17, 15) is 8.60 Å². The molecule has 1 heterocycles. The van der Waals surface area contributed by atoms with Crippen molar-refractivity contribution in [3.8, 4) is 0 Å². The van der Waals surface area contributed by atoms with Crippen LogP contribution in [0.15, 0.2) is 18.2 Å². The van der Waals surface area contributed by atoms with E-state index in [0.29, 0.717) is 17.4 Å². The van der Waals surface area contributed by atoms with E-state index in [0.717, 1.165) is 18.7 Å². The Bertz CT molecular complexity index is 409. The molecule has 16 heavy (non-hydrogen) atoms. The highest BCUT2D eigenvalue weighted by atomic mass is 35.5. The van der Waals surface area contributed by atoms with E-state index in [4.69, 9.17) is 11.6 Å². The van der Waals surface area contributed by atoms with Gasteiger partial charge in [-0.05, 0) is 23.6 Å². The second-order valence-electron chi connectivity index (χ2n) is 4.02. The molecular formula is C11H13ClFNOS. The summed E-state index contributed by atoms with van der Waals surface area (Å²) in [5.41, 5.74) is 0.831. The lowest BCUT2D eigenvalue weighted by atomic mass is 10.1. The fourth-order valence-electron chi connectivity index (χ4n) is 1.60. The molecule has 1 aromatic rings. The van der Waals surface area contributed by atoms with E-state index in [-0.39, 0.29) is 5.02 Å². The van der Waals surface area contributed by atoms with Gasteiger partial charge in [-0.2, -0.15) is 0 Å². The molecule has 1 atom stereocenters. The molecule has 0 aromatic heterocycles. The molecule has 0 saturated carbocycles. The zero-order valence-corrected chi connectivity index (χ0v) is 10.3. The van der Waals surface area contributed by atoms with Gasteiger partial charge in [-0.3, -0.25) is 4.21 Å². The van der Waals surface area contributed by atoms with Crippen molar-refractivity contribution in [2.75, 3.05) is 18.8 Å². The highest BCUT2D eigenvalue weighted by molar-refractivity contribution is 7.84. The predicted molar refractivity (Wildman–Crippen MR) is 64.5 cm³/mol. The summed E-state index contributed by atoms with van der Waals surface area (Å²) in [6, 6.07) is 4.51. The topological polar surface area (TPSA) is 29.1 Å². The maximum absolute atomic E-state index is 12.9. The lowest BCUT2D eigenvalue weighted by Crippen LogP contribution is -2.44. The first kappa shape index (κ1) is 12.0. The van der Waals surface area contributed by atoms with Gasteiger partial charge in [0, 0.05) is 35.4 Å². The first-order chi connectivity index (χ1) is 7.65. The summed E-state index contributed by atoms with van der Waals surface area (Å²) in [6.45, 7) is 1.91. The minimum absolute atomic E-state index is 0.0970. The van der Waals surface area contributed by atoms with E-state index in [1.807, 2.05) is 0 Å². The van der Waals surface area contributed by atoms with Crippen LogP contribution in [0.3, 0.4) is 0 Å². The molecule has 1 aromatic carbocycles. The van der Waals surface area contributed by atoms with Crippen LogP contribution in [-0.2, 0) is 16.6 Å². The Kier molecular flexibility index (Phi) is 3.95. The first-order valence-corrected chi connectivity index (χ1v) is 7.01. The smallest absolute Gasteiger partial charge is 0.141 e. The Morgan fingerprint density at radius 3 is 2.81 bits per heavy atom. The quantitative estimate of drug-likeness (QED) is 0.898. The van der Waals surface area contributed by atoms with Gasteiger partial charge in [0.1, 0.15) is 5.82 Å². The number of hydrogen-bond acceptors (Lipinski definition) is 2. The molecule has 0 radical (unpaired) electrons. The molecule has 0 amide bonds. The molecule has 88 valence electrons. The number of halogens is 2. The van der Waals surface area contributed by atoms with Gasteiger partial charge in [-0.25, -0.2) is 4.39 Å². The van der Waals surface area contributed by atoms with Crippen LogP contribution in [0.1, 0.15) is 5.56 Å². The van der Waals surface area contributed by atoms with Crippen molar-refractivity contribution in [3.05, 3.63) is 34.6 Å². The van der Waals surface area contributed by atoms with Crippen LogP contribution in [0.4, 0.5) is 4.39 Å². The molecule has 0 aliphatic carbocycles. The van der Waals surface area contributed by atoms with E-state index < -0.39 is 16.6 Å². The van der Waals surface area contributed by atoms with Crippen LogP contribution >= 0.6 is 11.6 Å². The second kappa shape index (κ2) is 5.25. The van der Waals surface area contributed by atoms with Crippen LogP contribution in [-0.4, -0.2) is 23.1 Å². The highest BCUT2D eigenvalue weighted by Crippen LogP contribution is 2.17. The number of nitrogens with one attached hydrogen (secondary N) is 1. The van der Waals surface area contributed by atoms with E-state index >= 15 is 0 Å². The number of benzene rings is 1. The lowest BCUT2D eigenvalue weighted by molar-refractivity contribution is 0.382. The van der Waals surface area contributed by atoms with Crippen molar-refractivity contribution in [3.63, 3.8) is 0 Å². The van der Waals surface area contributed by atoms with Crippen LogP contribution in [0.2, 0.25) is 5.02 Å². The molecule has 0 spiro atoms. The monoisotopic (exact) mass is 261 g/mol. The summed E-state index contributed by atoms with van der Waals surface area (Å²) in [6.07, 6.45) is 0. The standard InChI is InChI=1S/C11H13ClFNOS/c12-10-3-8(1-2-11(10)13)6-16(15)7-9-4-14-5-9/h1-3,9,14H,4-7H2. The Balaban J connectivity index is 1.92. The summed E-state index contributed by atoms with van der Waals surface area (Å²) < 4.78 is 24.7. The molecule has 1 aliphatic heterocycles. The normalized spacial score (nSPS) is 18.1. The zero-order valence-electron chi connectivity index (χ0n) is 8.71. The third-order valence-corrected chi connectivity index (χ3v) is 4.39. The van der Waals surface area contributed by atoms with Crippen LogP contribution < -0.4 is 5.32 Å². The molecular weight excluding hydrogens is 249 g/mol. The van der Waals surface area contributed by atoms with Crippen molar-refractivity contribution in [2.45, 2.75) is 5.75 Å². The second-order valence-corrected chi connectivity index (χ2v) is 5.93. The molecule has 1 unspecified atom stereocenters. The summed E-state index contributed by atoms with van der Waals surface area (Å²) in [7, 11) is -0.886. The summed E-state index contributed by atoms with van der Waals surface area (Å²) in [4.78, 5) is 0. The Morgan fingerprint density at radius 1 is 1.50 bits per heavy atom. The van der Waals surface area contributed by atoms with Gasteiger partial charge in [-0.15, -0.1) is 0 Å². The average Bonchev–Trinajstić information content (AvgIpc) is 2.18. The minimum atomic E-state index is -0.886. The minimum Gasteiger partial charge on any atom is -0.316 e. The van der Waals surface area contributed by atoms with Gasteiger partial charge >= 0.3 is 0 Å². The van der Waals surface area contributed by atoms with Crippen molar-refractivity contribution in [1.29, 1.82) is 0 Å². The Hall–Kier alpha value is -0.450. The molecule has 1 aliphatic rings. The van der Waals surface area contributed by atoms with Crippen molar-refractivity contribution < 1.29 is 8.60 Å². The van der Waals surface area contributed by atoms with Crippen molar-refractivity contribution >= 4 is 22.4 Å². The Labute approximate surface area is 102 Å². The molecule has 1 N–H and O–H groups in total. The molecule has 2 rings (SSSR count). The van der Waals surface area contributed by atoms with Crippen molar-refractivity contribution in [1.82, 2.24) is 5.32 Å². The third kappa shape index (κ3) is 3.03. The molecule has 1 fully saturated rings. The van der Waals surface area contributed by atoms with E-state index in [1.165, 1.54) is 6.07 Å². The molecule has 5 heteroatoms. The average molecular weight is 262 g/mol. The largest absolute Gasteiger partial charge is 0.316 e. The fourth-order valence-corrected chi connectivity index (χ4v) is 3.24. The molecule has 1 saturated heterocycles. The summed E-state index contributed by atoms with van der Waals surface area (Å²) in [5, 5.41) is 3.24. The van der Waals surface area contributed by atoms with Crippen LogP contribution in [0.25, 0.3) is 0 Å². The van der Waals surface area contributed by atoms with Gasteiger partial charge in [0.15, 0.2) is 0 Å². The lowest BCUT2D eigenvalue weighted by Gasteiger charge is -2.26. The van der Waals surface area contributed by atoms with Gasteiger partial charge in [0.05, 0.1) is 5.02 Å². The first-order valence-electron chi connectivity index (χ1n) is 5.15. The summed E-state index contributed by atoms with van der Waals surface area (Å²) >= 11 is 5.66. The van der Waals surface area contributed by atoms with Gasteiger partial charge < -0.3 is 5.32 Å². The molecule has 0 bridgehead atoms. The zero-order chi connectivity index (χ0) is 11.5. The van der Waals surface area contributed by atoms with Crippen LogP contribution in [0.5, 0.6) is 0 Å². The highest BCUT2D eigenvalue weighted by Gasteiger charge is 2.19. The van der Waals surface area contributed by atoms with E-state index in [1.54, 1.807) is 12.1 Å².